The van der Waals surface area contributed by atoms with Crippen LogP contribution in [-0.2, 0) is 16.0 Å². The maximum atomic E-state index is 12.4. The zero-order valence-electron chi connectivity index (χ0n) is 18.2. The van der Waals surface area contributed by atoms with Crippen LogP contribution >= 0.6 is 0 Å². The van der Waals surface area contributed by atoms with Crippen molar-refractivity contribution in [1.29, 1.82) is 0 Å². The Hall–Kier alpha value is -3.13. The van der Waals surface area contributed by atoms with Crippen LogP contribution in [0, 0.1) is 0 Å². The third-order valence-electron chi connectivity index (χ3n) is 5.47. The number of nitrogens with one attached hydrogen (secondary N) is 1. The van der Waals surface area contributed by atoms with Gasteiger partial charge in [0.2, 0.25) is 5.76 Å². The maximum Gasteiger partial charge on any atom is 0.374 e. The Labute approximate surface area is 181 Å². The van der Waals surface area contributed by atoms with E-state index < -0.39 is 17.7 Å². The quantitative estimate of drug-likeness (QED) is 0.668. The van der Waals surface area contributed by atoms with Crippen LogP contribution in [0.1, 0.15) is 31.9 Å². The zero-order valence-corrected chi connectivity index (χ0v) is 18.2. The first kappa shape index (κ1) is 21.1. The van der Waals surface area contributed by atoms with E-state index in [-0.39, 0.29) is 12.4 Å². The van der Waals surface area contributed by atoms with Crippen LogP contribution < -0.4 is 19.5 Å². The van der Waals surface area contributed by atoms with Crippen molar-refractivity contribution in [3.05, 3.63) is 47.5 Å². The van der Waals surface area contributed by atoms with E-state index >= 15 is 0 Å². The van der Waals surface area contributed by atoms with Crippen molar-refractivity contribution in [2.45, 2.75) is 38.9 Å². The summed E-state index contributed by atoms with van der Waals surface area (Å²) in [6, 6.07) is 1.76. The number of hydrogen-bond donors (Lipinski definition) is 2. The first-order chi connectivity index (χ1) is 14.8. The average Bonchev–Trinajstić information content (AvgIpc) is 3.39. The fourth-order valence-electron chi connectivity index (χ4n) is 3.85. The molecule has 0 saturated carbocycles. The third-order valence-corrected chi connectivity index (χ3v) is 5.47. The predicted octanol–water partition coefficient (Wildman–Crippen LogP) is 2.33. The van der Waals surface area contributed by atoms with Gasteiger partial charge in [0.1, 0.15) is 23.4 Å². The smallest absolute Gasteiger partial charge is 0.374 e. The number of nitrogens with zero attached hydrogens (tertiary/aromatic N) is 1. The molecule has 1 atom stereocenters. The number of carbonyl (C=O) groups is 1. The molecule has 3 aliphatic rings. The normalized spacial score (nSPS) is 20.4. The van der Waals surface area contributed by atoms with Gasteiger partial charge in [0, 0.05) is 37.0 Å². The second kappa shape index (κ2) is 8.19. The molecule has 1 aromatic carbocycles. The lowest BCUT2D eigenvalue weighted by Crippen LogP contribution is -2.39. The summed E-state index contributed by atoms with van der Waals surface area (Å²) in [5.74, 6) is 1.24. The Bertz CT molecular complexity index is 973. The molecule has 0 bridgehead atoms. The standard InChI is InChI=1S/C23H28N2O6/c1-5-29-22(26)18-10-14(6-8-25-9-7-24-13-25)20-17(30-18)12-16-15(21(20)28-4)11-19(31-16)23(2,3)27/h6-7,9-10,12,19,24,27H,5,8,11,13H2,1-4H3/b14-6+/t19-/m0/s1. The van der Waals surface area contributed by atoms with E-state index in [0.29, 0.717) is 36.9 Å². The Morgan fingerprint density at radius 1 is 1.42 bits per heavy atom. The van der Waals surface area contributed by atoms with Crippen molar-refractivity contribution in [2.75, 3.05) is 26.9 Å². The predicted molar refractivity (Wildman–Crippen MR) is 115 cm³/mol. The van der Waals surface area contributed by atoms with Crippen molar-refractivity contribution in [3.8, 4) is 17.2 Å². The van der Waals surface area contributed by atoms with Crippen LogP contribution in [0.15, 0.2) is 36.4 Å². The molecule has 0 amide bonds. The number of hydrogen-bond acceptors (Lipinski definition) is 8. The van der Waals surface area contributed by atoms with E-state index in [1.807, 2.05) is 18.5 Å². The lowest BCUT2D eigenvalue weighted by atomic mass is 9.92. The molecule has 31 heavy (non-hydrogen) atoms. The molecule has 3 heterocycles. The number of esters is 1. The highest BCUT2D eigenvalue weighted by molar-refractivity contribution is 5.95. The average molecular weight is 428 g/mol. The largest absolute Gasteiger partial charge is 0.496 e. The summed E-state index contributed by atoms with van der Waals surface area (Å²) in [6.07, 6.45) is 7.66. The van der Waals surface area contributed by atoms with Crippen LogP contribution in [0.5, 0.6) is 17.2 Å². The zero-order chi connectivity index (χ0) is 22.2. The summed E-state index contributed by atoms with van der Waals surface area (Å²) in [5.41, 5.74) is 1.41. The van der Waals surface area contributed by atoms with Gasteiger partial charge >= 0.3 is 5.97 Å². The van der Waals surface area contributed by atoms with Crippen LogP contribution in [-0.4, -0.2) is 54.6 Å². The molecule has 0 spiro atoms. The molecule has 0 aromatic heterocycles. The molecular formula is C23H28N2O6. The molecule has 8 nitrogen and oxygen atoms in total. The Morgan fingerprint density at radius 2 is 2.23 bits per heavy atom. The number of benzene rings is 1. The lowest BCUT2D eigenvalue weighted by Gasteiger charge is -2.24. The molecule has 0 saturated heterocycles. The number of ether oxygens (including phenoxy) is 4. The molecule has 0 aliphatic carbocycles. The van der Waals surface area contributed by atoms with Crippen molar-refractivity contribution < 1.29 is 28.8 Å². The van der Waals surface area contributed by atoms with E-state index in [1.54, 1.807) is 40.0 Å². The van der Waals surface area contributed by atoms with Gasteiger partial charge in [-0.3, -0.25) is 0 Å². The minimum atomic E-state index is -1.02. The van der Waals surface area contributed by atoms with Crippen molar-refractivity contribution in [3.63, 3.8) is 0 Å². The summed E-state index contributed by atoms with van der Waals surface area (Å²) >= 11 is 0. The molecule has 0 radical (unpaired) electrons. The Balaban J connectivity index is 1.78. The molecule has 8 heteroatoms. The highest BCUT2D eigenvalue weighted by Crippen LogP contribution is 2.50. The number of allylic oxidation sites excluding steroid dienone is 2. The summed E-state index contributed by atoms with van der Waals surface area (Å²) < 4.78 is 22.9. The van der Waals surface area contributed by atoms with Gasteiger partial charge in [-0.05, 0) is 32.4 Å². The van der Waals surface area contributed by atoms with Crippen LogP contribution in [0.3, 0.4) is 0 Å². The number of aliphatic hydroxyl groups is 1. The monoisotopic (exact) mass is 428 g/mol. The van der Waals surface area contributed by atoms with Crippen molar-refractivity contribution in [2.24, 2.45) is 0 Å². The fraction of sp³-hybridized carbons (Fsp3) is 0.435. The molecule has 2 N–H and O–H groups in total. The summed E-state index contributed by atoms with van der Waals surface area (Å²) in [5, 5.41) is 13.6. The van der Waals surface area contributed by atoms with Crippen LogP contribution in [0.4, 0.5) is 0 Å². The first-order valence-electron chi connectivity index (χ1n) is 10.4. The van der Waals surface area contributed by atoms with Crippen molar-refractivity contribution >= 4 is 11.5 Å². The van der Waals surface area contributed by atoms with Crippen LogP contribution in [0.2, 0.25) is 0 Å². The minimum Gasteiger partial charge on any atom is -0.496 e. The molecule has 0 unspecified atom stereocenters. The van der Waals surface area contributed by atoms with E-state index in [0.717, 1.165) is 16.7 Å². The van der Waals surface area contributed by atoms with Gasteiger partial charge in [0.05, 0.1) is 31.5 Å². The molecule has 4 rings (SSSR count). The van der Waals surface area contributed by atoms with E-state index in [4.69, 9.17) is 18.9 Å². The van der Waals surface area contributed by atoms with Gasteiger partial charge < -0.3 is 34.3 Å². The SMILES string of the molecule is CCOC(=O)C1=C/C(=C\CN2C=CNC2)c2c(cc3c(c2OC)C[C@@H](C(C)(C)O)O3)O1. The van der Waals surface area contributed by atoms with E-state index in [1.165, 1.54) is 0 Å². The van der Waals surface area contributed by atoms with Gasteiger partial charge in [0.25, 0.3) is 0 Å². The van der Waals surface area contributed by atoms with E-state index in [2.05, 4.69) is 10.2 Å². The molecule has 166 valence electrons. The topological polar surface area (TPSA) is 89.5 Å². The number of rotatable bonds is 6. The van der Waals surface area contributed by atoms with Gasteiger partial charge in [0.15, 0.2) is 0 Å². The second-order valence-corrected chi connectivity index (χ2v) is 8.16. The Kier molecular flexibility index (Phi) is 5.58. The molecule has 3 aliphatic heterocycles. The Morgan fingerprint density at radius 3 is 2.87 bits per heavy atom. The second-order valence-electron chi connectivity index (χ2n) is 8.16. The minimum absolute atomic E-state index is 0.106. The number of methoxy groups -OCH3 is 1. The summed E-state index contributed by atoms with van der Waals surface area (Å²) in [4.78, 5) is 14.5. The van der Waals surface area contributed by atoms with Crippen molar-refractivity contribution in [1.82, 2.24) is 10.2 Å². The highest BCUT2D eigenvalue weighted by atomic mass is 16.6. The maximum absolute atomic E-state index is 12.4. The van der Waals surface area contributed by atoms with Gasteiger partial charge in [-0.2, -0.15) is 0 Å². The number of fused-ring (bicyclic) bond motifs is 2. The third kappa shape index (κ3) is 4.07. The highest BCUT2D eigenvalue weighted by Gasteiger charge is 2.39. The molecular weight excluding hydrogens is 400 g/mol. The van der Waals surface area contributed by atoms with Gasteiger partial charge in [-0.15, -0.1) is 0 Å². The molecule has 0 fully saturated rings. The van der Waals surface area contributed by atoms with Gasteiger partial charge in [-0.1, -0.05) is 6.08 Å². The first-order valence-corrected chi connectivity index (χ1v) is 10.4. The van der Waals surface area contributed by atoms with Crippen LogP contribution in [0.25, 0.3) is 5.57 Å². The molecule has 1 aromatic rings. The number of carbonyl (C=O) groups excluding carboxylic acids is 1. The fourth-order valence-corrected chi connectivity index (χ4v) is 3.85. The van der Waals surface area contributed by atoms with Gasteiger partial charge in [-0.25, -0.2) is 4.79 Å². The van der Waals surface area contributed by atoms with E-state index in [9.17, 15) is 9.90 Å². The lowest BCUT2D eigenvalue weighted by molar-refractivity contribution is -0.141. The summed E-state index contributed by atoms with van der Waals surface area (Å²) in [6.45, 7) is 6.78. The summed E-state index contributed by atoms with van der Waals surface area (Å²) in [7, 11) is 1.60.